The molecule has 482 valence electrons. The highest BCUT2D eigenvalue weighted by Gasteiger charge is 2.52. The number of esters is 4. The quantitative estimate of drug-likeness (QED) is 0.0342. The minimum Gasteiger partial charge on any atom is -0.481 e. The zero-order valence-electron chi connectivity index (χ0n) is 52.6. The number of hydrogen-bond acceptors (Lipinski definition) is 12. The zero-order valence-corrected chi connectivity index (χ0v) is 52.6. The summed E-state index contributed by atoms with van der Waals surface area (Å²) in [6.07, 6.45) is 4.60. The largest absolute Gasteiger partial charge is 0.481 e. The molecule has 14 rings (SSSR count). The fourth-order valence-electron chi connectivity index (χ4n) is 15.9. The summed E-state index contributed by atoms with van der Waals surface area (Å²) in [5.41, 5.74) is 30.5. The predicted molar refractivity (Wildman–Crippen MR) is 363 cm³/mol. The SMILES string of the molecule is C.CC1=CC(C2CC(=O)OC2=O)CC2C(=O)OC(=O)C12.CCc1ccc(C2(c3ccc(CC(=O)C4C(C)=CC(C(CC(=O)O)C(C)=O)CC4C(=O)O)cc3)c3ccccc3-c3ccccc32)cc1.Nc1ccc(C2(c3ccc(N)cc3)c3ccccc3-c3ccccc32)cc1. The molecule has 0 spiro atoms. The number of ketones is 2. The lowest BCUT2D eigenvalue weighted by Crippen LogP contribution is -2.39. The minimum absolute atomic E-state index is 0. The van der Waals surface area contributed by atoms with E-state index in [4.69, 9.17) is 11.5 Å². The fourth-order valence-corrected chi connectivity index (χ4v) is 15.9. The van der Waals surface area contributed by atoms with E-state index in [-0.39, 0.29) is 56.0 Å². The molecule has 8 aromatic rings. The van der Waals surface area contributed by atoms with Gasteiger partial charge in [0.2, 0.25) is 0 Å². The molecule has 0 radical (unpaired) electrons. The van der Waals surface area contributed by atoms with E-state index in [2.05, 4.69) is 174 Å². The number of aliphatic carboxylic acids is 2. The summed E-state index contributed by atoms with van der Waals surface area (Å²) in [5.74, 6) is -10.0. The van der Waals surface area contributed by atoms with Crippen LogP contribution in [0.3, 0.4) is 0 Å². The van der Waals surface area contributed by atoms with Crippen LogP contribution in [0.25, 0.3) is 22.3 Å². The van der Waals surface area contributed by atoms with E-state index in [0.29, 0.717) is 12.0 Å². The Kier molecular flexibility index (Phi) is 18.6. The van der Waals surface area contributed by atoms with Gasteiger partial charge >= 0.3 is 35.8 Å². The molecule has 6 N–H and O–H groups in total. The smallest absolute Gasteiger partial charge is 0.321 e. The normalized spacial score (nSPS) is 21.5. The predicted octanol–water partition coefficient (Wildman–Crippen LogP) is 13.9. The molecule has 8 atom stereocenters. The number of nitrogen functional groups attached to an aromatic ring is 2. The van der Waals surface area contributed by atoms with Crippen LogP contribution in [0, 0.1) is 47.3 Å². The topological polar surface area (TPSA) is 248 Å². The molecule has 8 unspecified atom stereocenters. The summed E-state index contributed by atoms with van der Waals surface area (Å²) in [4.78, 5) is 95.9. The van der Waals surface area contributed by atoms with E-state index < -0.39 is 82.7 Å². The number of carboxylic acids is 2. The standard InChI is InChI=1S/C42H40O6.C25H20N2.C13H12O6.CH4/c1-4-27-13-17-30(18-14-27)42(36-11-7-5-9-32(36)33-10-6-8-12-37(33)42)31-19-15-28(16-20-31)22-38(44)40-25(2)21-29(23-35(40)41(47)48)34(26(3)43)24-39(45)46;26-19-13-9-17(10-14-19)25(18-11-15-20(27)16-12-18)23-7-3-1-5-21(23)22-6-2-4-8-24(22)25;1-5-2-6(7-4-9(14)18-11(7)15)3-8-10(5)13(17)19-12(8)16;/h5-21,29,34-35,40H,4,22-24H2,1-3H3,(H,45,46)(H,47,48);1-16H,26-27H2;2,6-8,10H,3-4H2,1H3;1H4. The van der Waals surface area contributed by atoms with Gasteiger partial charge in [-0.1, -0.05) is 208 Å². The molecule has 8 aromatic carbocycles. The van der Waals surface area contributed by atoms with E-state index in [1.165, 1.54) is 68.1 Å². The summed E-state index contributed by atoms with van der Waals surface area (Å²) in [6, 6.07) is 67.9. The van der Waals surface area contributed by atoms with Crippen molar-refractivity contribution in [1.29, 1.82) is 0 Å². The molecule has 0 aromatic heterocycles. The van der Waals surface area contributed by atoms with Gasteiger partial charge < -0.3 is 31.2 Å². The van der Waals surface area contributed by atoms with Gasteiger partial charge in [-0.05, 0) is 154 Å². The van der Waals surface area contributed by atoms with Crippen LogP contribution in [0.2, 0.25) is 0 Å². The third kappa shape index (κ3) is 11.9. The maximum Gasteiger partial charge on any atom is 0.321 e. The molecule has 14 nitrogen and oxygen atoms in total. The number of nitrogens with two attached hydrogens (primary N) is 2. The monoisotopic (exact) mass is 1270 g/mol. The van der Waals surface area contributed by atoms with E-state index in [0.717, 1.165) is 40.1 Å². The molecule has 6 aliphatic rings. The van der Waals surface area contributed by atoms with Crippen molar-refractivity contribution < 1.29 is 58.0 Å². The molecule has 2 heterocycles. The molecular formula is C81H76N2O12. The number of carbonyl (C=O) groups excluding carboxylic acids is 6. The second-order valence-electron chi connectivity index (χ2n) is 25.6. The Hall–Kier alpha value is -10.6. The molecule has 14 heteroatoms. The van der Waals surface area contributed by atoms with Crippen LogP contribution in [-0.2, 0) is 71.5 Å². The van der Waals surface area contributed by atoms with Gasteiger partial charge in [0.05, 0.1) is 53.3 Å². The average molecular weight is 1270 g/mol. The molecule has 0 saturated carbocycles. The van der Waals surface area contributed by atoms with Gasteiger partial charge in [-0.2, -0.15) is 0 Å². The van der Waals surface area contributed by atoms with Crippen LogP contribution in [0.5, 0.6) is 0 Å². The van der Waals surface area contributed by atoms with Crippen molar-refractivity contribution in [3.63, 3.8) is 0 Å². The number of aryl methyl sites for hydroxylation is 1. The molecular weight excluding hydrogens is 1190 g/mol. The van der Waals surface area contributed by atoms with Crippen LogP contribution >= 0.6 is 0 Å². The van der Waals surface area contributed by atoms with Gasteiger partial charge in [-0.15, -0.1) is 0 Å². The minimum atomic E-state index is -1.12. The lowest BCUT2D eigenvalue weighted by molar-refractivity contribution is -0.155. The Morgan fingerprint density at radius 2 is 0.947 bits per heavy atom. The number of benzene rings is 8. The summed E-state index contributed by atoms with van der Waals surface area (Å²) in [7, 11) is 0. The lowest BCUT2D eigenvalue weighted by Gasteiger charge is -2.35. The van der Waals surface area contributed by atoms with Crippen molar-refractivity contribution >= 4 is 58.8 Å². The van der Waals surface area contributed by atoms with Gasteiger partial charge in [0.1, 0.15) is 11.6 Å². The van der Waals surface area contributed by atoms with Crippen molar-refractivity contribution in [2.45, 2.75) is 84.5 Å². The van der Waals surface area contributed by atoms with Gasteiger partial charge in [0, 0.05) is 23.7 Å². The van der Waals surface area contributed by atoms with Gasteiger partial charge in [0.15, 0.2) is 0 Å². The number of anilines is 2. The Balaban J connectivity index is 0.000000163. The summed E-state index contributed by atoms with van der Waals surface area (Å²) in [6.45, 7) is 6.94. The van der Waals surface area contributed by atoms with Gasteiger partial charge in [-0.25, -0.2) is 0 Å². The lowest BCUT2D eigenvalue weighted by atomic mass is 9.67. The van der Waals surface area contributed by atoms with E-state index in [1.54, 1.807) is 26.0 Å². The number of carboxylic acid groups (broad SMARTS) is 2. The van der Waals surface area contributed by atoms with Gasteiger partial charge in [0.25, 0.3) is 0 Å². The molecule has 2 fully saturated rings. The fraction of sp³-hybridized carbons (Fsp3) is 0.259. The number of fused-ring (bicyclic) bond motifs is 7. The van der Waals surface area contributed by atoms with Crippen LogP contribution in [0.1, 0.15) is 116 Å². The second kappa shape index (κ2) is 26.8. The van der Waals surface area contributed by atoms with Crippen LogP contribution in [0.4, 0.5) is 11.4 Å². The number of carbonyl (C=O) groups is 8. The first-order valence-corrected chi connectivity index (χ1v) is 31.9. The molecule has 4 aliphatic carbocycles. The van der Waals surface area contributed by atoms with E-state index in [9.17, 15) is 48.6 Å². The molecule has 0 bridgehead atoms. The molecule has 2 saturated heterocycles. The molecule has 2 aliphatic heterocycles. The highest BCUT2D eigenvalue weighted by Crippen LogP contribution is 2.58. The van der Waals surface area contributed by atoms with Crippen LogP contribution < -0.4 is 11.5 Å². The van der Waals surface area contributed by atoms with Gasteiger partial charge in [-0.3, -0.25) is 38.4 Å². The van der Waals surface area contributed by atoms with E-state index in [1.807, 2.05) is 36.4 Å². The molecule has 0 amide bonds. The first kappa shape index (κ1) is 65.9. The van der Waals surface area contributed by atoms with Crippen molar-refractivity contribution in [3.8, 4) is 22.3 Å². The Morgan fingerprint density at radius 1 is 0.526 bits per heavy atom. The zero-order chi connectivity index (χ0) is 66.3. The first-order chi connectivity index (χ1) is 45.2. The van der Waals surface area contributed by atoms with Crippen molar-refractivity contribution in [2.75, 3.05) is 11.5 Å². The summed E-state index contributed by atoms with van der Waals surface area (Å²) in [5, 5.41) is 19.5. The number of rotatable bonds is 14. The third-order valence-electron chi connectivity index (χ3n) is 20.2. The summed E-state index contributed by atoms with van der Waals surface area (Å²) < 4.78 is 9.17. The maximum absolute atomic E-state index is 13.8. The summed E-state index contributed by atoms with van der Waals surface area (Å²) >= 11 is 0. The highest BCUT2D eigenvalue weighted by molar-refractivity contribution is 5.99. The Labute approximate surface area is 552 Å². The second-order valence-corrected chi connectivity index (χ2v) is 25.6. The Bertz CT molecular complexity index is 4270. The molecule has 95 heavy (non-hydrogen) atoms. The van der Waals surface area contributed by atoms with Crippen molar-refractivity contribution in [3.05, 3.63) is 273 Å². The first-order valence-electron chi connectivity index (χ1n) is 31.9. The number of ether oxygens (including phenoxy) is 2. The average Bonchev–Trinajstić information content (AvgIpc) is 1.57. The number of cyclic esters (lactones) is 4. The highest BCUT2D eigenvalue weighted by atomic mass is 16.6. The van der Waals surface area contributed by atoms with E-state index >= 15 is 0 Å². The van der Waals surface area contributed by atoms with Crippen LogP contribution in [0.15, 0.2) is 217 Å². The number of allylic oxidation sites excluding steroid dienone is 3. The third-order valence-corrected chi connectivity index (χ3v) is 20.2. The maximum atomic E-state index is 13.8. The Morgan fingerprint density at radius 3 is 1.35 bits per heavy atom. The number of hydrogen-bond donors (Lipinski definition) is 4. The number of Topliss-reactive ketones (excluding diaryl/α,β-unsaturated/α-hetero) is 2. The van der Waals surface area contributed by atoms with Crippen molar-refractivity contribution in [1.82, 2.24) is 0 Å². The van der Waals surface area contributed by atoms with Crippen molar-refractivity contribution in [2.24, 2.45) is 47.3 Å². The van der Waals surface area contributed by atoms with Crippen LogP contribution in [-0.4, -0.2) is 57.6 Å².